The van der Waals surface area contributed by atoms with Crippen LogP contribution in [0.2, 0.25) is 0 Å². The van der Waals surface area contributed by atoms with E-state index in [1.807, 2.05) is 24.3 Å². The van der Waals surface area contributed by atoms with E-state index in [1.165, 1.54) is 12.3 Å². The molecule has 2 heterocycles. The number of nitrogens with zero attached hydrogens (tertiary/aromatic N) is 2. The maximum absolute atomic E-state index is 12.9. The highest BCUT2D eigenvalue weighted by Crippen LogP contribution is 2.26. The molecule has 0 aliphatic carbocycles. The summed E-state index contributed by atoms with van der Waals surface area (Å²) in [7, 11) is 0. The number of nitrogens with one attached hydrogen (secondary N) is 2. The second kappa shape index (κ2) is 12.0. The number of piperidine rings is 1. The van der Waals surface area contributed by atoms with Gasteiger partial charge in [-0.2, -0.15) is 0 Å². The number of aliphatic hydroxyl groups excluding tert-OH is 2. The van der Waals surface area contributed by atoms with Crippen LogP contribution in [0.25, 0.3) is 17.0 Å². The summed E-state index contributed by atoms with van der Waals surface area (Å²) in [5.74, 6) is 0.326. The quantitative estimate of drug-likeness (QED) is 0.168. The van der Waals surface area contributed by atoms with E-state index in [9.17, 15) is 9.66 Å². The number of benzene rings is 2. The van der Waals surface area contributed by atoms with Crippen LogP contribution in [-0.2, 0) is 11.2 Å². The highest BCUT2D eigenvalue weighted by molar-refractivity contribution is 7.92. The summed E-state index contributed by atoms with van der Waals surface area (Å²) in [6, 6.07) is 14.0. The van der Waals surface area contributed by atoms with E-state index in [1.54, 1.807) is 24.3 Å². The highest BCUT2D eigenvalue weighted by Gasteiger charge is 2.26. The minimum atomic E-state index is -1.09. The molecule has 10 heteroatoms. The summed E-state index contributed by atoms with van der Waals surface area (Å²) in [6.45, 7) is 1.82. The Morgan fingerprint density at radius 3 is 2.64 bits per heavy atom. The zero-order valence-electron chi connectivity index (χ0n) is 19.7. The molecule has 9 nitrogen and oxygen atoms in total. The fraction of sp³-hybridized carbons (Fsp3) is 0.269. The Morgan fingerprint density at radius 1 is 1.22 bits per heavy atom. The zero-order valence-corrected chi connectivity index (χ0v) is 20.5. The molecule has 2 aromatic carbocycles. The van der Waals surface area contributed by atoms with Crippen LogP contribution in [0.4, 0.5) is 5.82 Å². The second-order valence-corrected chi connectivity index (χ2v) is 10.1. The van der Waals surface area contributed by atoms with Crippen molar-refractivity contribution in [2.24, 2.45) is 0 Å². The van der Waals surface area contributed by atoms with Crippen LogP contribution in [0.5, 0.6) is 5.75 Å². The molecule has 1 saturated heterocycles. The minimum absolute atomic E-state index is 0.0376. The molecule has 0 bridgehead atoms. The lowest BCUT2D eigenvalue weighted by molar-refractivity contribution is 0.201. The third-order valence-corrected chi connectivity index (χ3v) is 7.53. The second-order valence-electron chi connectivity index (χ2n) is 8.32. The van der Waals surface area contributed by atoms with E-state index in [0.717, 1.165) is 36.4 Å². The first-order valence-corrected chi connectivity index (χ1v) is 12.9. The number of aromatic nitrogens is 2. The smallest absolute Gasteiger partial charge is 0.153 e. The average Bonchev–Trinajstić information content (AvgIpc) is 2.92. The molecule has 36 heavy (non-hydrogen) atoms. The van der Waals surface area contributed by atoms with Crippen molar-refractivity contribution in [3.8, 4) is 17.0 Å². The van der Waals surface area contributed by atoms with Crippen molar-refractivity contribution in [2.45, 2.75) is 23.0 Å². The Bertz CT molecular complexity index is 1210. The maximum atomic E-state index is 12.9. The molecule has 0 saturated carbocycles. The van der Waals surface area contributed by atoms with Crippen molar-refractivity contribution in [1.82, 2.24) is 15.3 Å². The molecule has 188 valence electrons. The highest BCUT2D eigenvalue weighted by atomic mass is 32.2. The Morgan fingerprint density at radius 2 is 1.97 bits per heavy atom. The van der Waals surface area contributed by atoms with E-state index in [-0.39, 0.29) is 41.4 Å². The van der Waals surface area contributed by atoms with Crippen molar-refractivity contribution in [3.05, 3.63) is 72.1 Å². The minimum Gasteiger partial charge on any atom is -0.611 e. The first-order valence-electron chi connectivity index (χ1n) is 11.6. The van der Waals surface area contributed by atoms with Gasteiger partial charge in [-0.15, -0.1) is 0 Å². The Hall–Kier alpha value is -3.44. The van der Waals surface area contributed by atoms with E-state index < -0.39 is 11.2 Å². The van der Waals surface area contributed by atoms with Gasteiger partial charge in [0.15, 0.2) is 10.7 Å². The molecule has 1 fully saturated rings. The van der Waals surface area contributed by atoms with Crippen LogP contribution in [-0.4, -0.2) is 62.0 Å². The fourth-order valence-electron chi connectivity index (χ4n) is 3.86. The number of ether oxygens (including phenoxy) is 1. The van der Waals surface area contributed by atoms with E-state index in [0.29, 0.717) is 17.0 Å². The lowest BCUT2D eigenvalue weighted by Crippen LogP contribution is -2.38. The third kappa shape index (κ3) is 6.21. The van der Waals surface area contributed by atoms with Gasteiger partial charge in [-0.05, 0) is 84.7 Å². The summed E-state index contributed by atoms with van der Waals surface area (Å²) < 4.78 is 18.2. The summed E-state index contributed by atoms with van der Waals surface area (Å²) >= 11 is -1.09. The van der Waals surface area contributed by atoms with Gasteiger partial charge in [0.25, 0.3) is 0 Å². The van der Waals surface area contributed by atoms with Gasteiger partial charge in [0.2, 0.25) is 0 Å². The van der Waals surface area contributed by atoms with E-state index >= 15 is 0 Å². The molecule has 1 aliphatic heterocycles. The average molecular weight is 508 g/mol. The van der Waals surface area contributed by atoms with Gasteiger partial charge < -0.3 is 36.0 Å². The molecule has 1 aromatic heterocycles. The van der Waals surface area contributed by atoms with Gasteiger partial charge in [0.05, 0.1) is 24.2 Å². The number of nitrogens with two attached hydrogens (primary N) is 1. The van der Waals surface area contributed by atoms with Crippen LogP contribution in [0, 0.1) is 5.41 Å². The SMILES string of the molecule is N=C(/C=C(\O)c1nc(-c2ccc([S+]([O-])C3CCCNC3)cc2)cnc1N)c1ccc(OCCO)cc1. The van der Waals surface area contributed by atoms with Crippen LogP contribution in [0.1, 0.15) is 24.1 Å². The van der Waals surface area contributed by atoms with Gasteiger partial charge in [0, 0.05) is 18.2 Å². The summed E-state index contributed by atoms with van der Waals surface area (Å²) in [5.41, 5.74) is 7.88. The molecule has 4 rings (SSSR count). The molecule has 2 atom stereocenters. The van der Waals surface area contributed by atoms with Crippen LogP contribution >= 0.6 is 0 Å². The maximum Gasteiger partial charge on any atom is 0.153 e. The molecule has 2 unspecified atom stereocenters. The number of aliphatic hydroxyl groups is 2. The molecule has 6 N–H and O–H groups in total. The number of allylic oxidation sites excluding steroid dienone is 1. The van der Waals surface area contributed by atoms with E-state index in [4.69, 9.17) is 21.0 Å². The Balaban J connectivity index is 1.50. The molecular weight excluding hydrogens is 478 g/mol. The van der Waals surface area contributed by atoms with Gasteiger partial charge in [-0.3, -0.25) is 0 Å². The van der Waals surface area contributed by atoms with Crippen molar-refractivity contribution < 1.29 is 19.5 Å². The third-order valence-electron chi connectivity index (χ3n) is 5.79. The van der Waals surface area contributed by atoms with E-state index in [2.05, 4.69) is 15.3 Å². The van der Waals surface area contributed by atoms with Gasteiger partial charge in [-0.1, -0.05) is 0 Å². The number of hydrogen-bond acceptors (Lipinski definition) is 9. The molecule has 1 aliphatic rings. The zero-order chi connectivity index (χ0) is 25.5. The lowest BCUT2D eigenvalue weighted by atomic mass is 10.1. The first-order chi connectivity index (χ1) is 17.5. The molecule has 0 spiro atoms. The number of hydrogen-bond donors (Lipinski definition) is 5. The monoisotopic (exact) mass is 507 g/mol. The summed E-state index contributed by atoms with van der Waals surface area (Å²) in [5, 5.41) is 31.2. The standard InChI is InChI=1S/C26H29N5O4S/c27-22(17-3-7-19(8-4-17)35-13-12-32)14-24(33)25-26(28)30-16-23(31-25)18-5-9-20(10-6-18)36(34)21-2-1-11-29-15-21/h3-10,14,16,21,27,29,32-33H,1-2,11-13,15H2,(H2,28,30)/b24-14-,27-22?. The number of anilines is 1. The fourth-order valence-corrected chi connectivity index (χ4v) is 5.30. The molecule has 3 aromatic rings. The van der Waals surface area contributed by atoms with Crippen LogP contribution < -0.4 is 15.8 Å². The lowest BCUT2D eigenvalue weighted by Gasteiger charge is -2.25. The summed E-state index contributed by atoms with van der Waals surface area (Å²) in [4.78, 5) is 9.40. The van der Waals surface area contributed by atoms with Gasteiger partial charge in [-0.25, -0.2) is 9.97 Å². The summed E-state index contributed by atoms with van der Waals surface area (Å²) in [6.07, 6.45) is 4.74. The van der Waals surface area contributed by atoms with Crippen molar-refractivity contribution >= 4 is 28.5 Å². The van der Waals surface area contributed by atoms with Crippen molar-refractivity contribution in [2.75, 3.05) is 32.0 Å². The number of rotatable bonds is 9. The van der Waals surface area contributed by atoms with Crippen LogP contribution in [0.3, 0.4) is 0 Å². The predicted octanol–water partition coefficient (Wildman–Crippen LogP) is 2.92. The van der Waals surface area contributed by atoms with Crippen molar-refractivity contribution in [3.63, 3.8) is 0 Å². The Labute approximate surface area is 212 Å². The van der Waals surface area contributed by atoms with Gasteiger partial charge in [0.1, 0.15) is 29.1 Å². The molecular formula is C26H29N5O4S. The predicted molar refractivity (Wildman–Crippen MR) is 141 cm³/mol. The molecule has 0 radical (unpaired) electrons. The number of nitrogen functional groups attached to an aromatic ring is 1. The van der Waals surface area contributed by atoms with Crippen molar-refractivity contribution in [1.29, 1.82) is 5.41 Å². The molecule has 0 amide bonds. The topological polar surface area (TPSA) is 160 Å². The van der Waals surface area contributed by atoms with Gasteiger partial charge >= 0.3 is 0 Å². The largest absolute Gasteiger partial charge is 0.611 e. The van der Waals surface area contributed by atoms with Crippen LogP contribution in [0.15, 0.2) is 65.7 Å². The Kier molecular flexibility index (Phi) is 8.55. The normalized spacial score (nSPS) is 16.9. The first kappa shape index (κ1) is 25.6.